The lowest BCUT2D eigenvalue weighted by molar-refractivity contribution is 0.0732. The predicted octanol–water partition coefficient (Wildman–Crippen LogP) is 3.71. The highest BCUT2D eigenvalue weighted by atomic mass is 35.5. The van der Waals surface area contributed by atoms with Crippen molar-refractivity contribution in [1.82, 2.24) is 20.0 Å². The summed E-state index contributed by atoms with van der Waals surface area (Å²) in [6.07, 6.45) is 3.08. The number of nitrogens with zero attached hydrogens (tertiary/aromatic N) is 3. The van der Waals surface area contributed by atoms with E-state index in [2.05, 4.69) is 24.3 Å². The molecular formula is C23H31ClN4O3. The molecule has 1 aromatic heterocycles. The van der Waals surface area contributed by atoms with Crippen LogP contribution in [0.4, 0.5) is 0 Å². The number of carbonyl (C=O) groups is 2. The van der Waals surface area contributed by atoms with Gasteiger partial charge in [0.15, 0.2) is 0 Å². The molecule has 7 nitrogen and oxygen atoms in total. The molecule has 2 heterocycles. The summed E-state index contributed by atoms with van der Waals surface area (Å²) >= 11 is 6.06. The van der Waals surface area contributed by atoms with Gasteiger partial charge in [0.1, 0.15) is 11.4 Å². The highest BCUT2D eigenvalue weighted by Crippen LogP contribution is 2.23. The first-order valence-corrected chi connectivity index (χ1v) is 11.3. The Morgan fingerprint density at radius 2 is 2.00 bits per heavy atom. The lowest BCUT2D eigenvalue weighted by Gasteiger charge is -2.22. The molecule has 0 radical (unpaired) electrons. The van der Waals surface area contributed by atoms with E-state index in [-0.39, 0.29) is 11.8 Å². The molecule has 0 unspecified atom stereocenters. The molecule has 1 N–H and O–H groups in total. The van der Waals surface area contributed by atoms with Crippen LogP contribution in [0.1, 0.15) is 59.7 Å². The van der Waals surface area contributed by atoms with Gasteiger partial charge in [-0.1, -0.05) is 25.4 Å². The zero-order valence-electron chi connectivity index (χ0n) is 18.5. The van der Waals surface area contributed by atoms with Gasteiger partial charge in [0.25, 0.3) is 11.8 Å². The van der Waals surface area contributed by atoms with E-state index in [9.17, 15) is 9.59 Å². The average molecular weight is 447 g/mol. The zero-order valence-corrected chi connectivity index (χ0v) is 19.2. The number of carbonyl (C=O) groups excluding carboxylic acids is 2. The van der Waals surface area contributed by atoms with Gasteiger partial charge in [-0.25, -0.2) is 0 Å². The maximum absolute atomic E-state index is 13.2. The number of aromatic nitrogens is 2. The lowest BCUT2D eigenvalue weighted by Crippen LogP contribution is -2.35. The Kier molecular flexibility index (Phi) is 7.96. The number of benzene rings is 1. The van der Waals surface area contributed by atoms with E-state index in [0.717, 1.165) is 25.0 Å². The summed E-state index contributed by atoms with van der Waals surface area (Å²) in [7, 11) is 1.82. The fourth-order valence-corrected chi connectivity index (χ4v) is 3.86. The van der Waals surface area contributed by atoms with Crippen LogP contribution in [0.2, 0.25) is 5.02 Å². The predicted molar refractivity (Wildman–Crippen MR) is 121 cm³/mol. The molecule has 0 bridgehead atoms. The molecule has 168 valence electrons. The van der Waals surface area contributed by atoms with Gasteiger partial charge >= 0.3 is 0 Å². The monoisotopic (exact) mass is 446 g/mol. The minimum Gasteiger partial charge on any atom is -0.493 e. The molecular weight excluding hydrogens is 416 g/mol. The van der Waals surface area contributed by atoms with Crippen molar-refractivity contribution >= 4 is 23.4 Å². The molecule has 2 aromatic rings. The summed E-state index contributed by atoms with van der Waals surface area (Å²) in [5.41, 5.74) is 1.98. The molecule has 0 saturated heterocycles. The number of ether oxygens (including phenoxy) is 1. The van der Waals surface area contributed by atoms with Crippen molar-refractivity contribution < 1.29 is 14.3 Å². The van der Waals surface area contributed by atoms with E-state index in [1.807, 2.05) is 18.0 Å². The fraction of sp³-hybridized carbons (Fsp3) is 0.522. The second-order valence-electron chi connectivity index (χ2n) is 8.34. The molecule has 3 rings (SSSR count). The number of rotatable bonds is 3. The van der Waals surface area contributed by atoms with E-state index in [1.54, 1.807) is 22.9 Å². The summed E-state index contributed by atoms with van der Waals surface area (Å²) in [6.45, 7) is 6.40. The quantitative estimate of drug-likeness (QED) is 0.779. The Labute approximate surface area is 188 Å². The topological polar surface area (TPSA) is 76.5 Å². The normalized spacial score (nSPS) is 15.9. The fourth-order valence-electron chi connectivity index (χ4n) is 3.69. The van der Waals surface area contributed by atoms with Crippen LogP contribution in [0.25, 0.3) is 0 Å². The van der Waals surface area contributed by atoms with Crippen LogP contribution >= 0.6 is 11.6 Å². The van der Waals surface area contributed by atoms with Crippen LogP contribution in [0.5, 0.6) is 5.75 Å². The van der Waals surface area contributed by atoms with Crippen molar-refractivity contribution in [3.8, 4) is 5.75 Å². The second-order valence-corrected chi connectivity index (χ2v) is 8.78. The molecule has 1 aliphatic heterocycles. The van der Waals surface area contributed by atoms with E-state index < -0.39 is 0 Å². The minimum absolute atomic E-state index is 0.0175. The zero-order chi connectivity index (χ0) is 22.4. The maximum Gasteiger partial charge on any atom is 0.272 e. The summed E-state index contributed by atoms with van der Waals surface area (Å²) in [4.78, 5) is 27.6. The van der Waals surface area contributed by atoms with Gasteiger partial charge in [0.05, 0.1) is 17.9 Å². The lowest BCUT2D eigenvalue weighted by atomic mass is 10.1. The summed E-state index contributed by atoms with van der Waals surface area (Å²) in [6, 6.07) is 6.95. The average Bonchev–Trinajstić information content (AvgIpc) is 3.08. The molecule has 31 heavy (non-hydrogen) atoms. The van der Waals surface area contributed by atoms with Gasteiger partial charge in [0, 0.05) is 31.7 Å². The van der Waals surface area contributed by atoms with Crippen molar-refractivity contribution in [2.45, 2.75) is 39.5 Å². The summed E-state index contributed by atoms with van der Waals surface area (Å²) in [5.74, 6) is 0.769. The van der Waals surface area contributed by atoms with Crippen molar-refractivity contribution in [1.29, 1.82) is 0 Å². The van der Waals surface area contributed by atoms with Gasteiger partial charge in [0.2, 0.25) is 0 Å². The van der Waals surface area contributed by atoms with Gasteiger partial charge < -0.3 is 15.0 Å². The molecule has 0 saturated carbocycles. The van der Waals surface area contributed by atoms with Crippen LogP contribution in [0.15, 0.2) is 24.3 Å². The van der Waals surface area contributed by atoms with E-state index in [0.29, 0.717) is 60.6 Å². The third-order valence-electron chi connectivity index (χ3n) is 5.21. The van der Waals surface area contributed by atoms with Gasteiger partial charge in [-0.3, -0.25) is 14.3 Å². The number of hydrogen-bond donors (Lipinski definition) is 1. The van der Waals surface area contributed by atoms with Gasteiger partial charge in [-0.2, -0.15) is 5.10 Å². The van der Waals surface area contributed by atoms with E-state index >= 15 is 0 Å². The number of halogens is 1. The molecule has 0 spiro atoms. The summed E-state index contributed by atoms with van der Waals surface area (Å²) < 4.78 is 7.54. The SMILES string of the molecule is CC(C)Cc1cc(C(=O)N2CCCCNC(=O)c3cc(Cl)ccc3OCCC2)n(C)n1. The van der Waals surface area contributed by atoms with Gasteiger partial charge in [-0.05, 0) is 55.9 Å². The number of aryl methyl sites for hydroxylation is 1. The Morgan fingerprint density at radius 3 is 2.77 bits per heavy atom. The van der Waals surface area contributed by atoms with Crippen LogP contribution in [-0.2, 0) is 13.5 Å². The van der Waals surface area contributed by atoms with Gasteiger partial charge in [-0.15, -0.1) is 0 Å². The molecule has 1 aromatic carbocycles. The maximum atomic E-state index is 13.2. The molecule has 0 atom stereocenters. The first kappa shape index (κ1) is 23.1. The number of fused-ring (bicyclic) bond motifs is 1. The van der Waals surface area contributed by atoms with Crippen LogP contribution in [-0.4, -0.2) is 52.7 Å². The highest BCUT2D eigenvalue weighted by molar-refractivity contribution is 6.31. The van der Waals surface area contributed by atoms with Crippen molar-refractivity contribution in [3.05, 3.63) is 46.2 Å². The number of hydrogen-bond acceptors (Lipinski definition) is 4. The Balaban J connectivity index is 1.72. The second kappa shape index (κ2) is 10.7. The smallest absolute Gasteiger partial charge is 0.272 e. The van der Waals surface area contributed by atoms with Crippen LogP contribution < -0.4 is 10.1 Å². The van der Waals surface area contributed by atoms with Crippen molar-refractivity contribution in [2.75, 3.05) is 26.2 Å². The Hall–Kier alpha value is -2.54. The minimum atomic E-state index is -0.197. The highest BCUT2D eigenvalue weighted by Gasteiger charge is 2.21. The molecule has 2 amide bonds. The Morgan fingerprint density at radius 1 is 1.23 bits per heavy atom. The van der Waals surface area contributed by atoms with Crippen LogP contribution in [0, 0.1) is 5.92 Å². The standard InChI is InChI=1S/C23H31ClN4O3/c1-16(2)13-18-15-20(27(3)26-18)23(30)28-10-5-4-9-25-22(29)19-14-17(24)7-8-21(19)31-12-6-11-28/h7-8,14-16H,4-6,9-13H2,1-3H3,(H,25,29). The van der Waals surface area contributed by atoms with Crippen molar-refractivity contribution in [3.63, 3.8) is 0 Å². The van der Waals surface area contributed by atoms with Crippen LogP contribution in [0.3, 0.4) is 0 Å². The van der Waals surface area contributed by atoms with E-state index in [1.165, 1.54) is 0 Å². The first-order chi connectivity index (χ1) is 14.8. The molecule has 0 aliphatic carbocycles. The number of amides is 2. The van der Waals surface area contributed by atoms with Crippen molar-refractivity contribution in [2.24, 2.45) is 13.0 Å². The number of nitrogens with one attached hydrogen (secondary N) is 1. The Bertz CT molecular complexity index is 926. The first-order valence-electron chi connectivity index (χ1n) is 10.9. The summed E-state index contributed by atoms with van der Waals surface area (Å²) in [5, 5.41) is 7.92. The molecule has 1 aliphatic rings. The largest absolute Gasteiger partial charge is 0.493 e. The van der Waals surface area contributed by atoms with E-state index in [4.69, 9.17) is 16.3 Å². The molecule has 0 fully saturated rings. The third-order valence-corrected chi connectivity index (χ3v) is 5.45. The third kappa shape index (κ3) is 6.23. The molecule has 8 heteroatoms.